The van der Waals surface area contributed by atoms with Crippen molar-refractivity contribution in [3.8, 4) is 22.7 Å². The van der Waals surface area contributed by atoms with Crippen molar-refractivity contribution in [2.24, 2.45) is 0 Å². The average Bonchev–Trinajstić information content (AvgIpc) is 3.30. The van der Waals surface area contributed by atoms with Crippen LogP contribution in [0.4, 0.5) is 0 Å². The summed E-state index contributed by atoms with van der Waals surface area (Å²) >= 11 is 6.68. The number of aromatic nitrogens is 2. The van der Waals surface area contributed by atoms with Gasteiger partial charge in [0, 0.05) is 23.9 Å². The van der Waals surface area contributed by atoms with Crippen LogP contribution in [0.3, 0.4) is 0 Å². The lowest BCUT2D eigenvalue weighted by molar-refractivity contribution is -0.121. The predicted octanol–water partition coefficient (Wildman–Crippen LogP) is 5.16. The van der Waals surface area contributed by atoms with Crippen molar-refractivity contribution >= 4 is 40.3 Å². The summed E-state index contributed by atoms with van der Waals surface area (Å²) in [7, 11) is 0. The topological polar surface area (TPSA) is 47.4 Å². The summed E-state index contributed by atoms with van der Waals surface area (Å²) in [6.07, 6.45) is 3.83. The zero-order chi connectivity index (χ0) is 21.1. The molecule has 1 fully saturated rings. The van der Waals surface area contributed by atoms with E-state index in [1.54, 1.807) is 4.90 Å². The minimum absolute atomic E-state index is 0.0578. The SMILES string of the molecule is CCOc1ccc(-c2nn(-c3ccccc3)cc2C=C2SC(=S)N(CC)C2=O)cc1. The van der Waals surface area contributed by atoms with Gasteiger partial charge in [0.2, 0.25) is 0 Å². The van der Waals surface area contributed by atoms with Gasteiger partial charge in [0.15, 0.2) is 0 Å². The van der Waals surface area contributed by atoms with Crippen LogP contribution in [0.1, 0.15) is 19.4 Å². The highest BCUT2D eigenvalue weighted by Gasteiger charge is 2.31. The molecule has 4 rings (SSSR count). The summed E-state index contributed by atoms with van der Waals surface area (Å²) in [5, 5.41) is 4.82. The minimum atomic E-state index is -0.0578. The molecule has 7 heteroatoms. The fraction of sp³-hybridized carbons (Fsp3) is 0.174. The first-order chi connectivity index (χ1) is 14.6. The summed E-state index contributed by atoms with van der Waals surface area (Å²) < 4.78 is 7.97. The molecule has 0 unspecified atom stereocenters. The standard InChI is InChI=1S/C23H21N3O2S2/c1-3-25-22(27)20(30-23(25)29)14-17-15-26(18-8-6-5-7-9-18)24-21(17)16-10-12-19(13-11-16)28-4-2/h5-15H,3-4H2,1-2H3. The van der Waals surface area contributed by atoms with E-state index in [1.807, 2.05) is 85.4 Å². The van der Waals surface area contributed by atoms with Gasteiger partial charge in [0.05, 0.1) is 22.9 Å². The highest BCUT2D eigenvalue weighted by molar-refractivity contribution is 8.26. The first-order valence-electron chi connectivity index (χ1n) is 9.74. The van der Waals surface area contributed by atoms with E-state index in [1.165, 1.54) is 11.8 Å². The Morgan fingerprint density at radius 2 is 1.83 bits per heavy atom. The Bertz CT molecular complexity index is 1110. The molecule has 5 nitrogen and oxygen atoms in total. The van der Waals surface area contributed by atoms with E-state index < -0.39 is 0 Å². The molecule has 0 N–H and O–H groups in total. The number of rotatable bonds is 6. The van der Waals surface area contributed by atoms with Gasteiger partial charge in [-0.05, 0) is 56.3 Å². The largest absolute Gasteiger partial charge is 0.494 e. The van der Waals surface area contributed by atoms with Gasteiger partial charge in [0.1, 0.15) is 10.1 Å². The molecule has 0 saturated carbocycles. The Morgan fingerprint density at radius 3 is 2.47 bits per heavy atom. The normalized spacial score (nSPS) is 15.3. The smallest absolute Gasteiger partial charge is 0.266 e. The van der Waals surface area contributed by atoms with Crippen molar-refractivity contribution in [2.45, 2.75) is 13.8 Å². The fourth-order valence-corrected chi connectivity index (χ4v) is 4.59. The van der Waals surface area contributed by atoms with Crippen LogP contribution in [0.25, 0.3) is 23.0 Å². The molecule has 0 bridgehead atoms. The highest BCUT2D eigenvalue weighted by Crippen LogP contribution is 2.35. The molecule has 1 aromatic heterocycles. The summed E-state index contributed by atoms with van der Waals surface area (Å²) in [5.74, 6) is 0.756. The molecule has 0 aliphatic carbocycles. The monoisotopic (exact) mass is 435 g/mol. The van der Waals surface area contributed by atoms with E-state index >= 15 is 0 Å². The van der Waals surface area contributed by atoms with Gasteiger partial charge in [-0.25, -0.2) is 4.68 Å². The van der Waals surface area contributed by atoms with Crippen LogP contribution in [0.15, 0.2) is 65.7 Å². The highest BCUT2D eigenvalue weighted by atomic mass is 32.2. The number of thiocarbonyl (C=S) groups is 1. The maximum absolute atomic E-state index is 12.7. The van der Waals surface area contributed by atoms with Gasteiger partial charge in [-0.15, -0.1) is 0 Å². The second kappa shape index (κ2) is 8.85. The minimum Gasteiger partial charge on any atom is -0.494 e. The van der Waals surface area contributed by atoms with Crippen molar-refractivity contribution in [2.75, 3.05) is 13.2 Å². The number of carbonyl (C=O) groups excluding carboxylic acids is 1. The van der Waals surface area contributed by atoms with Crippen LogP contribution in [0.2, 0.25) is 0 Å². The van der Waals surface area contributed by atoms with Gasteiger partial charge in [-0.3, -0.25) is 9.69 Å². The molecule has 0 atom stereocenters. The van der Waals surface area contributed by atoms with Crippen LogP contribution >= 0.6 is 24.0 Å². The lowest BCUT2D eigenvalue weighted by Crippen LogP contribution is -2.27. The van der Waals surface area contributed by atoms with E-state index in [4.69, 9.17) is 22.1 Å². The number of para-hydroxylation sites is 1. The van der Waals surface area contributed by atoms with Gasteiger partial charge >= 0.3 is 0 Å². The van der Waals surface area contributed by atoms with Gasteiger partial charge in [-0.2, -0.15) is 5.10 Å². The van der Waals surface area contributed by atoms with E-state index in [0.717, 1.165) is 28.3 Å². The van der Waals surface area contributed by atoms with E-state index in [9.17, 15) is 4.79 Å². The summed E-state index contributed by atoms with van der Waals surface area (Å²) in [5.41, 5.74) is 3.55. The Hall–Kier alpha value is -2.90. The molecule has 2 heterocycles. The van der Waals surface area contributed by atoms with E-state index in [2.05, 4.69) is 0 Å². The van der Waals surface area contributed by atoms with Crippen molar-refractivity contribution in [1.82, 2.24) is 14.7 Å². The van der Waals surface area contributed by atoms with Gasteiger partial charge in [-0.1, -0.05) is 42.2 Å². The lowest BCUT2D eigenvalue weighted by atomic mass is 10.1. The van der Waals surface area contributed by atoms with Crippen molar-refractivity contribution in [1.29, 1.82) is 0 Å². The third kappa shape index (κ3) is 4.04. The Kier molecular flexibility index (Phi) is 6.01. The molecular weight excluding hydrogens is 414 g/mol. The second-order valence-corrected chi connectivity index (χ2v) is 8.27. The zero-order valence-corrected chi connectivity index (χ0v) is 18.4. The third-order valence-electron chi connectivity index (χ3n) is 4.68. The summed E-state index contributed by atoms with van der Waals surface area (Å²) in [4.78, 5) is 14.9. The summed E-state index contributed by atoms with van der Waals surface area (Å²) in [6, 6.07) is 17.7. The first-order valence-corrected chi connectivity index (χ1v) is 11.0. The Labute approximate surface area is 185 Å². The number of thioether (sulfide) groups is 1. The van der Waals surface area contributed by atoms with Gasteiger partial charge < -0.3 is 4.74 Å². The van der Waals surface area contributed by atoms with Crippen LogP contribution < -0.4 is 4.74 Å². The van der Waals surface area contributed by atoms with Crippen molar-refractivity contribution in [3.63, 3.8) is 0 Å². The number of hydrogen-bond donors (Lipinski definition) is 0. The molecule has 1 aliphatic heterocycles. The van der Waals surface area contributed by atoms with Crippen LogP contribution in [-0.2, 0) is 4.79 Å². The van der Waals surface area contributed by atoms with Crippen LogP contribution in [-0.4, -0.2) is 38.1 Å². The number of likely N-dealkylation sites (N-methyl/N-ethyl adjacent to an activating group) is 1. The first kappa shape index (κ1) is 20.4. The fourth-order valence-electron chi connectivity index (χ4n) is 3.22. The molecule has 0 radical (unpaired) electrons. The molecule has 0 spiro atoms. The average molecular weight is 436 g/mol. The molecule has 152 valence electrons. The van der Waals surface area contributed by atoms with E-state index in [0.29, 0.717) is 22.4 Å². The molecular formula is C23H21N3O2S2. The second-order valence-electron chi connectivity index (χ2n) is 6.60. The molecule has 3 aromatic rings. The van der Waals surface area contributed by atoms with Crippen LogP contribution in [0, 0.1) is 0 Å². The Morgan fingerprint density at radius 1 is 1.10 bits per heavy atom. The molecule has 1 saturated heterocycles. The van der Waals surface area contributed by atoms with Gasteiger partial charge in [0.25, 0.3) is 5.91 Å². The molecule has 1 aliphatic rings. The third-order valence-corrected chi connectivity index (χ3v) is 6.06. The van der Waals surface area contributed by atoms with Crippen LogP contribution in [0.5, 0.6) is 5.75 Å². The molecule has 30 heavy (non-hydrogen) atoms. The number of ether oxygens (including phenoxy) is 1. The quantitative estimate of drug-likeness (QED) is 0.395. The number of hydrogen-bond acceptors (Lipinski definition) is 5. The van der Waals surface area contributed by atoms with Crippen molar-refractivity contribution in [3.05, 3.63) is 71.3 Å². The lowest BCUT2D eigenvalue weighted by Gasteiger charge is -2.09. The number of carbonyl (C=O) groups is 1. The summed E-state index contributed by atoms with van der Waals surface area (Å²) in [6.45, 7) is 5.07. The number of benzene rings is 2. The Balaban J connectivity index is 1.78. The molecule has 2 aromatic carbocycles. The maximum Gasteiger partial charge on any atom is 0.266 e. The van der Waals surface area contributed by atoms with E-state index in [-0.39, 0.29) is 5.91 Å². The number of amides is 1. The zero-order valence-electron chi connectivity index (χ0n) is 16.7. The predicted molar refractivity (Wildman–Crippen MR) is 126 cm³/mol. The number of nitrogens with zero attached hydrogens (tertiary/aromatic N) is 3. The molecule has 1 amide bonds. The van der Waals surface area contributed by atoms with Crippen molar-refractivity contribution < 1.29 is 9.53 Å². The maximum atomic E-state index is 12.7.